The molecule has 0 aliphatic carbocycles. The van der Waals surface area contributed by atoms with Crippen LogP contribution in [0.15, 0.2) is 24.3 Å². The molecule has 17 heavy (non-hydrogen) atoms. The number of halogens is 1. The normalized spacial score (nSPS) is 10.2. The molecule has 2 aromatic rings. The van der Waals surface area contributed by atoms with E-state index in [9.17, 15) is 0 Å². The zero-order chi connectivity index (χ0) is 12.3. The van der Waals surface area contributed by atoms with Crippen molar-refractivity contribution in [3.8, 4) is 11.8 Å². The number of rotatable bonds is 3. The third-order valence-electron chi connectivity index (χ3n) is 1.95. The number of para-hydroxylation sites is 1. The van der Waals surface area contributed by atoms with Gasteiger partial charge in [0.25, 0.3) is 0 Å². The zero-order valence-electron chi connectivity index (χ0n) is 8.67. The van der Waals surface area contributed by atoms with Crippen molar-refractivity contribution in [1.29, 1.82) is 0 Å². The lowest BCUT2D eigenvalue weighted by Crippen LogP contribution is -2.01. The average Bonchev–Trinajstić information content (AvgIpc) is 2.28. The van der Waals surface area contributed by atoms with Gasteiger partial charge in [0.05, 0.1) is 6.61 Å². The Morgan fingerprint density at radius 3 is 2.71 bits per heavy atom. The molecule has 6 nitrogen and oxygen atoms in total. The van der Waals surface area contributed by atoms with E-state index in [-0.39, 0.29) is 23.8 Å². The third-order valence-corrected chi connectivity index (χ3v) is 2.12. The van der Waals surface area contributed by atoms with Crippen molar-refractivity contribution in [3.05, 3.63) is 35.1 Å². The van der Waals surface area contributed by atoms with Gasteiger partial charge in [-0.2, -0.15) is 15.0 Å². The Morgan fingerprint density at radius 1 is 1.24 bits per heavy atom. The summed E-state index contributed by atoms with van der Waals surface area (Å²) >= 11 is 5.62. The molecule has 0 saturated carbocycles. The summed E-state index contributed by atoms with van der Waals surface area (Å²) in [6, 6.07) is 6.94. The highest BCUT2D eigenvalue weighted by atomic mass is 35.5. The first-order valence-corrected chi connectivity index (χ1v) is 5.10. The van der Waals surface area contributed by atoms with E-state index < -0.39 is 0 Å². The number of hydrogen-bond donors (Lipinski definition) is 2. The molecule has 0 amide bonds. The molecule has 7 heteroatoms. The molecular formula is C10H9ClN4O2. The van der Waals surface area contributed by atoms with E-state index in [4.69, 9.17) is 27.2 Å². The minimum absolute atomic E-state index is 0.0107. The van der Waals surface area contributed by atoms with Crippen LogP contribution in [0.2, 0.25) is 5.28 Å². The monoisotopic (exact) mass is 252 g/mol. The number of hydrogen-bond acceptors (Lipinski definition) is 6. The molecule has 0 saturated heterocycles. The van der Waals surface area contributed by atoms with E-state index in [1.54, 1.807) is 24.3 Å². The van der Waals surface area contributed by atoms with Crippen molar-refractivity contribution >= 4 is 17.5 Å². The molecular weight excluding hydrogens is 244 g/mol. The number of benzene rings is 1. The SMILES string of the molecule is Nc1nc(Cl)nc(Oc2ccccc2CO)n1. The number of aliphatic hydroxyl groups excluding tert-OH is 1. The lowest BCUT2D eigenvalue weighted by molar-refractivity contribution is 0.275. The quantitative estimate of drug-likeness (QED) is 0.857. The first-order chi connectivity index (χ1) is 8.19. The van der Waals surface area contributed by atoms with Crippen LogP contribution >= 0.6 is 11.6 Å². The van der Waals surface area contributed by atoms with E-state index in [1.807, 2.05) is 0 Å². The number of anilines is 1. The predicted octanol–water partition coefficient (Wildman–Crippen LogP) is 1.39. The van der Waals surface area contributed by atoms with Gasteiger partial charge in [0.1, 0.15) is 5.75 Å². The highest BCUT2D eigenvalue weighted by molar-refractivity contribution is 6.28. The first kappa shape index (κ1) is 11.6. The van der Waals surface area contributed by atoms with E-state index in [0.29, 0.717) is 11.3 Å². The van der Waals surface area contributed by atoms with Crippen LogP contribution in [0.25, 0.3) is 0 Å². The summed E-state index contributed by atoms with van der Waals surface area (Å²) in [5.74, 6) is 0.415. The molecule has 0 atom stereocenters. The Labute approximate surface area is 102 Å². The molecule has 0 unspecified atom stereocenters. The van der Waals surface area contributed by atoms with Crippen LogP contribution in [0.4, 0.5) is 5.95 Å². The maximum absolute atomic E-state index is 9.12. The molecule has 0 radical (unpaired) electrons. The van der Waals surface area contributed by atoms with Crippen molar-refractivity contribution in [2.75, 3.05) is 5.73 Å². The summed E-state index contributed by atoms with van der Waals surface area (Å²) < 4.78 is 5.38. The lowest BCUT2D eigenvalue weighted by atomic mass is 10.2. The molecule has 2 rings (SSSR count). The molecule has 0 fully saturated rings. The van der Waals surface area contributed by atoms with E-state index in [1.165, 1.54) is 0 Å². The molecule has 0 aliphatic heterocycles. The van der Waals surface area contributed by atoms with Gasteiger partial charge in [0.15, 0.2) is 0 Å². The summed E-state index contributed by atoms with van der Waals surface area (Å²) in [5, 5.41) is 9.07. The van der Waals surface area contributed by atoms with Crippen molar-refractivity contribution in [3.63, 3.8) is 0 Å². The molecule has 0 spiro atoms. The third kappa shape index (κ3) is 2.80. The summed E-state index contributed by atoms with van der Waals surface area (Å²) in [6.45, 7) is -0.148. The molecule has 0 bridgehead atoms. The fourth-order valence-corrected chi connectivity index (χ4v) is 1.38. The smallest absolute Gasteiger partial charge is 0.328 e. The highest BCUT2D eigenvalue weighted by Gasteiger charge is 2.07. The van der Waals surface area contributed by atoms with Crippen molar-refractivity contribution in [2.45, 2.75) is 6.61 Å². The van der Waals surface area contributed by atoms with Gasteiger partial charge in [0.2, 0.25) is 11.2 Å². The van der Waals surface area contributed by atoms with Gasteiger partial charge in [-0.05, 0) is 17.7 Å². The van der Waals surface area contributed by atoms with Crippen LogP contribution in [0, 0.1) is 0 Å². The first-order valence-electron chi connectivity index (χ1n) is 4.72. The lowest BCUT2D eigenvalue weighted by Gasteiger charge is -2.07. The number of nitrogen functional groups attached to an aromatic ring is 1. The molecule has 1 heterocycles. The van der Waals surface area contributed by atoms with Crippen molar-refractivity contribution < 1.29 is 9.84 Å². The fraction of sp³-hybridized carbons (Fsp3) is 0.100. The van der Waals surface area contributed by atoms with Gasteiger partial charge in [-0.1, -0.05) is 18.2 Å². The Bertz CT molecular complexity index is 515. The summed E-state index contributed by atoms with van der Waals surface area (Å²) in [7, 11) is 0. The molecule has 0 aliphatic rings. The summed E-state index contributed by atoms with van der Waals surface area (Å²) in [6.07, 6.45) is 0. The number of ether oxygens (including phenoxy) is 1. The average molecular weight is 253 g/mol. The number of nitrogens with zero attached hydrogens (tertiary/aromatic N) is 3. The zero-order valence-corrected chi connectivity index (χ0v) is 9.42. The van der Waals surface area contributed by atoms with Crippen LogP contribution in [0.3, 0.4) is 0 Å². The Morgan fingerprint density at radius 2 is 2.00 bits per heavy atom. The van der Waals surface area contributed by atoms with Gasteiger partial charge < -0.3 is 15.6 Å². The predicted molar refractivity (Wildman–Crippen MR) is 61.7 cm³/mol. The van der Waals surface area contributed by atoms with Crippen molar-refractivity contribution in [2.24, 2.45) is 0 Å². The van der Waals surface area contributed by atoms with Gasteiger partial charge in [-0.3, -0.25) is 0 Å². The standard InChI is InChI=1S/C10H9ClN4O2/c11-8-13-9(12)15-10(14-8)17-7-4-2-1-3-6(7)5-16/h1-4,16H,5H2,(H2,12,13,14,15). The second-order valence-corrected chi connectivity index (χ2v) is 3.45. The number of aromatic nitrogens is 3. The largest absolute Gasteiger partial charge is 0.424 e. The second-order valence-electron chi connectivity index (χ2n) is 3.11. The number of aliphatic hydroxyl groups is 1. The van der Waals surface area contributed by atoms with Crippen molar-refractivity contribution in [1.82, 2.24) is 15.0 Å². The van der Waals surface area contributed by atoms with Gasteiger partial charge in [0, 0.05) is 5.56 Å². The molecule has 1 aromatic heterocycles. The summed E-state index contributed by atoms with van der Waals surface area (Å²) in [4.78, 5) is 11.1. The van der Waals surface area contributed by atoms with Gasteiger partial charge in [-0.25, -0.2) is 0 Å². The van der Waals surface area contributed by atoms with Gasteiger partial charge in [-0.15, -0.1) is 0 Å². The Balaban J connectivity index is 2.31. The van der Waals surface area contributed by atoms with E-state index in [0.717, 1.165) is 0 Å². The van der Waals surface area contributed by atoms with Crippen LogP contribution in [0.1, 0.15) is 5.56 Å². The maximum atomic E-state index is 9.12. The van der Waals surface area contributed by atoms with Crippen LogP contribution in [0.5, 0.6) is 11.8 Å². The fourth-order valence-electron chi connectivity index (χ4n) is 1.22. The van der Waals surface area contributed by atoms with Crippen LogP contribution in [-0.2, 0) is 6.61 Å². The Hall–Kier alpha value is -1.92. The van der Waals surface area contributed by atoms with E-state index >= 15 is 0 Å². The summed E-state index contributed by atoms with van der Waals surface area (Å²) in [5.41, 5.74) is 6.02. The topological polar surface area (TPSA) is 94.2 Å². The Kier molecular flexibility index (Phi) is 3.36. The number of nitrogens with two attached hydrogens (primary N) is 1. The highest BCUT2D eigenvalue weighted by Crippen LogP contribution is 2.23. The molecule has 88 valence electrons. The van der Waals surface area contributed by atoms with Crippen LogP contribution < -0.4 is 10.5 Å². The minimum Gasteiger partial charge on any atom is -0.424 e. The molecule has 3 N–H and O–H groups in total. The maximum Gasteiger partial charge on any atom is 0.328 e. The van der Waals surface area contributed by atoms with Crippen LogP contribution in [-0.4, -0.2) is 20.1 Å². The minimum atomic E-state index is -0.148. The van der Waals surface area contributed by atoms with E-state index in [2.05, 4.69) is 15.0 Å². The van der Waals surface area contributed by atoms with Gasteiger partial charge >= 0.3 is 6.01 Å². The second kappa shape index (κ2) is 4.94. The molecule has 1 aromatic carbocycles.